The first kappa shape index (κ1) is 25.7. The van der Waals surface area contributed by atoms with Gasteiger partial charge < -0.3 is 20.3 Å². The maximum atomic E-state index is 13.1. The lowest BCUT2D eigenvalue weighted by molar-refractivity contribution is -0.135. The lowest BCUT2D eigenvalue weighted by Crippen LogP contribution is -2.49. The highest BCUT2D eigenvalue weighted by molar-refractivity contribution is 5.99. The Balaban J connectivity index is 1.48. The van der Waals surface area contributed by atoms with E-state index < -0.39 is 0 Å². The number of hydrogen-bond donors (Lipinski definition) is 2. The Morgan fingerprint density at radius 2 is 1.86 bits per heavy atom. The number of anilines is 2. The third kappa shape index (κ3) is 6.23. The van der Waals surface area contributed by atoms with Crippen LogP contribution in [0.3, 0.4) is 0 Å². The molecule has 0 bridgehead atoms. The summed E-state index contributed by atoms with van der Waals surface area (Å²) in [4.78, 5) is 42.1. The van der Waals surface area contributed by atoms with Crippen molar-refractivity contribution in [2.24, 2.45) is 0 Å². The molecule has 8 nitrogen and oxygen atoms in total. The second-order valence-electron chi connectivity index (χ2n) is 9.79. The van der Waals surface area contributed by atoms with Gasteiger partial charge in [0.2, 0.25) is 17.7 Å². The normalized spacial score (nSPS) is 20.3. The molecule has 8 heteroatoms. The minimum Gasteiger partial charge on any atom is -0.497 e. The highest BCUT2D eigenvalue weighted by Crippen LogP contribution is 2.32. The van der Waals surface area contributed by atoms with E-state index in [1.165, 1.54) is 12.5 Å². The molecule has 2 aromatic rings. The summed E-state index contributed by atoms with van der Waals surface area (Å²) >= 11 is 0. The van der Waals surface area contributed by atoms with Crippen LogP contribution >= 0.6 is 0 Å². The van der Waals surface area contributed by atoms with E-state index in [0.29, 0.717) is 30.1 Å². The van der Waals surface area contributed by atoms with E-state index in [0.717, 1.165) is 37.8 Å². The Morgan fingerprint density at radius 1 is 1.03 bits per heavy atom. The molecule has 2 aromatic carbocycles. The molecule has 2 heterocycles. The second-order valence-corrected chi connectivity index (χ2v) is 9.79. The molecule has 36 heavy (non-hydrogen) atoms. The minimum atomic E-state index is -0.217. The fourth-order valence-electron chi connectivity index (χ4n) is 5.43. The van der Waals surface area contributed by atoms with Crippen LogP contribution in [0.1, 0.15) is 50.2 Å². The Bertz CT molecular complexity index is 1120. The number of ether oxygens (including phenoxy) is 1. The Labute approximate surface area is 213 Å². The lowest BCUT2D eigenvalue weighted by Gasteiger charge is -2.37. The maximum absolute atomic E-state index is 13.1. The van der Waals surface area contributed by atoms with E-state index in [2.05, 4.69) is 40.7 Å². The van der Waals surface area contributed by atoms with Crippen molar-refractivity contribution in [1.29, 1.82) is 0 Å². The molecule has 0 saturated carbocycles. The molecule has 0 radical (unpaired) electrons. The van der Waals surface area contributed by atoms with Crippen molar-refractivity contribution in [3.8, 4) is 5.75 Å². The fourth-order valence-corrected chi connectivity index (χ4v) is 5.43. The minimum absolute atomic E-state index is 0.0953. The van der Waals surface area contributed by atoms with Crippen molar-refractivity contribution >= 4 is 29.1 Å². The summed E-state index contributed by atoms with van der Waals surface area (Å²) < 4.78 is 5.29. The first-order valence-corrected chi connectivity index (χ1v) is 12.7. The lowest BCUT2D eigenvalue weighted by atomic mass is 9.96. The molecule has 2 saturated heterocycles. The zero-order chi connectivity index (χ0) is 25.7. The molecule has 4 rings (SSSR count). The van der Waals surface area contributed by atoms with E-state index in [1.807, 2.05) is 11.0 Å². The molecule has 2 fully saturated rings. The predicted molar refractivity (Wildman–Crippen MR) is 140 cm³/mol. The first-order valence-electron chi connectivity index (χ1n) is 12.7. The van der Waals surface area contributed by atoms with E-state index in [4.69, 9.17) is 4.74 Å². The van der Waals surface area contributed by atoms with Crippen LogP contribution in [0.2, 0.25) is 0 Å². The topological polar surface area (TPSA) is 91.0 Å². The highest BCUT2D eigenvalue weighted by Gasteiger charge is 2.40. The zero-order valence-electron chi connectivity index (χ0n) is 21.4. The molecule has 0 spiro atoms. The largest absolute Gasteiger partial charge is 0.497 e. The van der Waals surface area contributed by atoms with Crippen molar-refractivity contribution in [1.82, 2.24) is 9.80 Å². The summed E-state index contributed by atoms with van der Waals surface area (Å²) in [6.07, 6.45) is 4.25. The first-order chi connectivity index (χ1) is 17.3. The van der Waals surface area contributed by atoms with Crippen molar-refractivity contribution in [2.45, 2.75) is 64.6 Å². The number of amides is 3. The fraction of sp³-hybridized carbons (Fsp3) is 0.464. The van der Waals surface area contributed by atoms with Crippen LogP contribution in [-0.4, -0.2) is 59.8 Å². The monoisotopic (exact) mass is 492 g/mol. The van der Waals surface area contributed by atoms with Gasteiger partial charge in [0.15, 0.2) is 0 Å². The Kier molecular flexibility index (Phi) is 8.25. The molecule has 3 amide bonds. The van der Waals surface area contributed by atoms with Gasteiger partial charge in [0.05, 0.1) is 25.0 Å². The second kappa shape index (κ2) is 11.6. The number of fused-ring (bicyclic) bond motifs is 1. The van der Waals surface area contributed by atoms with E-state index in [1.54, 1.807) is 25.3 Å². The molecule has 0 unspecified atom stereocenters. The number of carbonyl (C=O) groups is 3. The number of methoxy groups -OCH3 is 1. The van der Waals surface area contributed by atoms with E-state index in [9.17, 15) is 14.4 Å². The van der Waals surface area contributed by atoms with Gasteiger partial charge >= 0.3 is 0 Å². The van der Waals surface area contributed by atoms with Crippen LogP contribution in [0.15, 0.2) is 42.5 Å². The smallest absolute Gasteiger partial charge is 0.238 e. The van der Waals surface area contributed by atoms with Crippen LogP contribution in [0, 0.1) is 6.92 Å². The van der Waals surface area contributed by atoms with Crippen molar-refractivity contribution in [3.05, 3.63) is 53.6 Å². The van der Waals surface area contributed by atoms with Crippen LogP contribution < -0.4 is 15.4 Å². The summed E-state index contributed by atoms with van der Waals surface area (Å²) in [6, 6.07) is 13.7. The number of likely N-dealkylation sites (tertiary alicyclic amines) is 2. The number of aryl methyl sites for hydroxylation is 1. The van der Waals surface area contributed by atoms with Crippen LogP contribution in [-0.2, 0) is 20.9 Å². The van der Waals surface area contributed by atoms with Gasteiger partial charge in [-0.2, -0.15) is 0 Å². The van der Waals surface area contributed by atoms with Crippen LogP contribution in [0.25, 0.3) is 0 Å². The van der Waals surface area contributed by atoms with Gasteiger partial charge in [-0.15, -0.1) is 0 Å². The third-order valence-corrected chi connectivity index (χ3v) is 7.08. The summed E-state index contributed by atoms with van der Waals surface area (Å²) in [5.41, 5.74) is 3.35. The van der Waals surface area contributed by atoms with Gasteiger partial charge in [-0.25, -0.2) is 0 Å². The molecule has 2 aliphatic rings. The van der Waals surface area contributed by atoms with Crippen LogP contribution in [0.5, 0.6) is 5.75 Å². The number of carbonyl (C=O) groups excluding carboxylic acids is 3. The summed E-state index contributed by atoms with van der Waals surface area (Å²) in [7, 11) is 1.56. The number of rotatable bonds is 7. The van der Waals surface area contributed by atoms with Crippen molar-refractivity contribution in [2.75, 3.05) is 30.8 Å². The summed E-state index contributed by atoms with van der Waals surface area (Å²) in [6.45, 7) is 5.09. The van der Waals surface area contributed by atoms with Gasteiger partial charge in [-0.3, -0.25) is 19.3 Å². The van der Waals surface area contributed by atoms with Crippen molar-refractivity contribution in [3.63, 3.8) is 0 Å². The average Bonchev–Trinajstić information content (AvgIpc) is 3.21. The maximum Gasteiger partial charge on any atom is 0.238 e. The van der Waals surface area contributed by atoms with Gasteiger partial charge in [0.1, 0.15) is 5.75 Å². The SMILES string of the molecule is COc1ccc(NC(C)=O)c(NC(=O)CN2CC[C@@H]3[C@@H]2CCCCC(=O)N3Cc2cccc(C)c2)c1. The molecule has 0 aromatic heterocycles. The third-order valence-electron chi connectivity index (χ3n) is 7.08. The quantitative estimate of drug-likeness (QED) is 0.611. The molecule has 2 atom stereocenters. The Morgan fingerprint density at radius 3 is 2.61 bits per heavy atom. The molecule has 2 aliphatic heterocycles. The molecule has 0 aliphatic carbocycles. The number of hydrogen-bond acceptors (Lipinski definition) is 5. The van der Waals surface area contributed by atoms with E-state index in [-0.39, 0.29) is 36.3 Å². The highest BCUT2D eigenvalue weighted by atomic mass is 16.5. The van der Waals surface area contributed by atoms with Crippen LogP contribution in [0.4, 0.5) is 11.4 Å². The summed E-state index contributed by atoms with van der Waals surface area (Å²) in [5, 5.41) is 5.71. The number of benzene rings is 2. The number of nitrogens with one attached hydrogen (secondary N) is 2. The average molecular weight is 493 g/mol. The van der Waals surface area contributed by atoms with Gasteiger partial charge in [0.25, 0.3) is 0 Å². The Hall–Kier alpha value is -3.39. The van der Waals surface area contributed by atoms with Crippen molar-refractivity contribution < 1.29 is 19.1 Å². The van der Waals surface area contributed by atoms with E-state index >= 15 is 0 Å². The standard InChI is InChI=1S/C28H36N4O4/c1-19-7-6-8-21(15-19)17-32-26-13-14-31(25(26)9-4-5-10-28(32)35)18-27(34)30-24-16-22(36-3)11-12-23(24)29-20(2)33/h6-8,11-12,15-16,25-26H,4-5,9-10,13-14,17-18H2,1-3H3,(H,29,33)(H,30,34)/t25-,26+/m0/s1. The molecule has 2 N–H and O–H groups in total. The molecular weight excluding hydrogens is 456 g/mol. The zero-order valence-corrected chi connectivity index (χ0v) is 21.4. The molecule has 192 valence electrons. The van der Waals surface area contributed by atoms with Gasteiger partial charge in [-0.05, 0) is 43.9 Å². The summed E-state index contributed by atoms with van der Waals surface area (Å²) in [5.74, 6) is 0.417. The predicted octanol–water partition coefficient (Wildman–Crippen LogP) is 3.95. The van der Waals surface area contributed by atoms with Gasteiger partial charge in [0, 0.05) is 44.6 Å². The van der Waals surface area contributed by atoms with Gasteiger partial charge in [-0.1, -0.05) is 36.2 Å². The number of nitrogens with zero attached hydrogens (tertiary/aromatic N) is 2. The molecular formula is C28H36N4O4.